The summed E-state index contributed by atoms with van der Waals surface area (Å²) < 4.78 is 16.1. The molecule has 3 aromatic rings. The summed E-state index contributed by atoms with van der Waals surface area (Å²) in [4.78, 5) is 27.2. The molecule has 7 heteroatoms. The predicted octanol–water partition coefficient (Wildman–Crippen LogP) is 5.10. The molecule has 31 heavy (non-hydrogen) atoms. The largest absolute Gasteiger partial charge is 0.496 e. The van der Waals surface area contributed by atoms with Crippen molar-refractivity contribution in [1.29, 1.82) is 0 Å². The normalized spacial score (nSPS) is 15.1. The molecule has 0 spiro atoms. The van der Waals surface area contributed by atoms with Crippen LogP contribution in [0.15, 0.2) is 59.5 Å². The molecule has 1 saturated heterocycles. The van der Waals surface area contributed by atoms with Gasteiger partial charge in [0.05, 0.1) is 38.3 Å². The first-order chi connectivity index (χ1) is 15.0. The molecule has 1 heterocycles. The Bertz CT molecular complexity index is 1180. The van der Waals surface area contributed by atoms with Gasteiger partial charge >= 0.3 is 0 Å². The third-order valence-electron chi connectivity index (χ3n) is 5.06. The van der Waals surface area contributed by atoms with Gasteiger partial charge in [-0.15, -0.1) is 0 Å². The summed E-state index contributed by atoms with van der Waals surface area (Å²) in [6.07, 6.45) is 1.63. The van der Waals surface area contributed by atoms with Crippen LogP contribution in [0.2, 0.25) is 0 Å². The number of rotatable bonds is 6. The van der Waals surface area contributed by atoms with Crippen molar-refractivity contribution in [3.05, 3.63) is 70.6 Å². The van der Waals surface area contributed by atoms with Gasteiger partial charge < -0.3 is 14.2 Å². The van der Waals surface area contributed by atoms with Crippen molar-refractivity contribution in [3.8, 4) is 17.2 Å². The smallest absolute Gasteiger partial charge is 0.293 e. The first-order valence-electron chi connectivity index (χ1n) is 9.57. The Balaban J connectivity index is 1.64. The molecule has 0 N–H and O–H groups in total. The van der Waals surface area contributed by atoms with Crippen LogP contribution >= 0.6 is 11.8 Å². The molecule has 0 unspecified atom stereocenters. The Kier molecular flexibility index (Phi) is 5.86. The van der Waals surface area contributed by atoms with E-state index in [-0.39, 0.29) is 17.7 Å². The van der Waals surface area contributed by atoms with Crippen molar-refractivity contribution in [3.63, 3.8) is 0 Å². The van der Waals surface area contributed by atoms with Crippen molar-refractivity contribution < 1.29 is 23.8 Å². The second kappa shape index (κ2) is 8.73. The summed E-state index contributed by atoms with van der Waals surface area (Å²) in [5, 5.41) is 1.87. The Hall–Kier alpha value is -3.45. The average molecular weight is 436 g/mol. The van der Waals surface area contributed by atoms with Crippen molar-refractivity contribution in [2.24, 2.45) is 0 Å². The van der Waals surface area contributed by atoms with Crippen molar-refractivity contribution in [2.45, 2.75) is 6.54 Å². The number of carbonyl (C=O) groups excluding carboxylic acids is 2. The quantitative estimate of drug-likeness (QED) is 0.502. The maximum absolute atomic E-state index is 13.0. The van der Waals surface area contributed by atoms with Gasteiger partial charge in [0.1, 0.15) is 17.2 Å². The summed E-state index contributed by atoms with van der Waals surface area (Å²) in [7, 11) is 4.60. The van der Waals surface area contributed by atoms with E-state index >= 15 is 0 Å². The van der Waals surface area contributed by atoms with Crippen molar-refractivity contribution in [2.75, 3.05) is 21.3 Å². The third kappa shape index (κ3) is 4.09. The van der Waals surface area contributed by atoms with E-state index in [0.717, 1.165) is 28.1 Å². The molecule has 3 aromatic carbocycles. The molecule has 158 valence electrons. The molecular weight excluding hydrogens is 414 g/mol. The Morgan fingerprint density at radius 1 is 0.871 bits per heavy atom. The number of methoxy groups -OCH3 is 3. The van der Waals surface area contributed by atoms with E-state index in [9.17, 15) is 9.59 Å². The second-order valence-corrected chi connectivity index (χ2v) is 7.89. The summed E-state index contributed by atoms with van der Waals surface area (Å²) in [6.45, 7) is 0.212. The van der Waals surface area contributed by atoms with Gasteiger partial charge in [0, 0.05) is 12.1 Å². The van der Waals surface area contributed by atoms with E-state index in [1.807, 2.05) is 42.5 Å². The summed E-state index contributed by atoms with van der Waals surface area (Å²) >= 11 is 0.904. The highest BCUT2D eigenvalue weighted by Gasteiger charge is 2.35. The van der Waals surface area contributed by atoms with Crippen molar-refractivity contribution in [1.82, 2.24) is 4.90 Å². The van der Waals surface area contributed by atoms with E-state index in [2.05, 4.69) is 0 Å². The lowest BCUT2D eigenvalue weighted by atomic mass is 10.1. The van der Waals surface area contributed by atoms with Crippen molar-refractivity contribution >= 4 is 39.8 Å². The van der Waals surface area contributed by atoms with Gasteiger partial charge in [0.25, 0.3) is 11.1 Å². The molecule has 0 atom stereocenters. The monoisotopic (exact) mass is 435 g/mol. The van der Waals surface area contributed by atoms with Crippen LogP contribution in [0.4, 0.5) is 4.79 Å². The molecule has 1 aliphatic rings. The minimum Gasteiger partial charge on any atom is -0.496 e. The maximum Gasteiger partial charge on any atom is 0.293 e. The van der Waals surface area contributed by atoms with E-state index in [1.165, 1.54) is 19.1 Å². The highest BCUT2D eigenvalue weighted by molar-refractivity contribution is 8.18. The molecular formula is C24H21NO5S. The summed E-state index contributed by atoms with van der Waals surface area (Å²) in [5.74, 6) is 1.19. The highest BCUT2D eigenvalue weighted by Crippen LogP contribution is 2.40. The maximum atomic E-state index is 13.0. The summed E-state index contributed by atoms with van der Waals surface area (Å²) in [5.41, 5.74) is 1.46. The van der Waals surface area contributed by atoms with Crippen LogP contribution in [0.5, 0.6) is 17.2 Å². The molecule has 1 fully saturated rings. The zero-order valence-electron chi connectivity index (χ0n) is 17.4. The van der Waals surface area contributed by atoms with Crippen LogP contribution in [0.25, 0.3) is 16.8 Å². The van der Waals surface area contributed by atoms with E-state index in [4.69, 9.17) is 14.2 Å². The van der Waals surface area contributed by atoms with Gasteiger partial charge in [-0.3, -0.25) is 14.5 Å². The number of thioether (sulfide) groups is 1. The molecule has 1 aliphatic heterocycles. The summed E-state index contributed by atoms with van der Waals surface area (Å²) in [6, 6.07) is 17.3. The van der Waals surface area contributed by atoms with Gasteiger partial charge in [-0.1, -0.05) is 36.4 Å². The topological polar surface area (TPSA) is 65.1 Å². The number of nitrogens with zero attached hydrogens (tertiary/aromatic N) is 1. The SMILES string of the molecule is COc1cc(OC)c(C=C2SC(=O)N(Cc3ccc4ccccc4c3)C2=O)c(OC)c1. The molecule has 0 bridgehead atoms. The zero-order chi connectivity index (χ0) is 22.0. The van der Waals surface area contributed by atoms with E-state index in [0.29, 0.717) is 27.7 Å². The number of hydrogen-bond donors (Lipinski definition) is 0. The fraction of sp³-hybridized carbons (Fsp3) is 0.167. The lowest BCUT2D eigenvalue weighted by molar-refractivity contribution is -0.123. The number of carbonyl (C=O) groups is 2. The van der Waals surface area contributed by atoms with Crippen LogP contribution in [0, 0.1) is 0 Å². The third-order valence-corrected chi connectivity index (χ3v) is 5.96. The van der Waals surface area contributed by atoms with Crippen LogP contribution in [-0.2, 0) is 11.3 Å². The number of amides is 2. The van der Waals surface area contributed by atoms with Gasteiger partial charge in [-0.2, -0.15) is 0 Å². The molecule has 0 saturated carbocycles. The lowest BCUT2D eigenvalue weighted by Crippen LogP contribution is -2.27. The van der Waals surface area contributed by atoms with E-state index < -0.39 is 0 Å². The minimum atomic E-state index is -0.344. The lowest BCUT2D eigenvalue weighted by Gasteiger charge is -2.14. The number of imide groups is 1. The molecule has 0 aromatic heterocycles. The van der Waals surface area contributed by atoms with Crippen LogP contribution in [-0.4, -0.2) is 37.4 Å². The Morgan fingerprint density at radius 2 is 1.55 bits per heavy atom. The zero-order valence-corrected chi connectivity index (χ0v) is 18.2. The van der Waals surface area contributed by atoms with Crippen LogP contribution in [0.1, 0.15) is 11.1 Å². The minimum absolute atomic E-state index is 0.212. The second-order valence-electron chi connectivity index (χ2n) is 6.89. The van der Waals surface area contributed by atoms with Crippen LogP contribution < -0.4 is 14.2 Å². The molecule has 6 nitrogen and oxygen atoms in total. The first kappa shape index (κ1) is 20.8. The first-order valence-corrected chi connectivity index (χ1v) is 10.4. The van der Waals surface area contributed by atoms with Gasteiger partial charge in [0.2, 0.25) is 0 Å². The van der Waals surface area contributed by atoms with E-state index in [1.54, 1.807) is 25.3 Å². The standard InChI is InChI=1S/C24H21NO5S/c1-28-18-11-20(29-2)19(21(12-18)30-3)13-22-23(26)25(24(27)31-22)14-15-8-9-16-6-4-5-7-17(16)10-15/h4-13H,14H2,1-3H3. The number of hydrogen-bond acceptors (Lipinski definition) is 6. The van der Waals surface area contributed by atoms with Gasteiger partial charge in [0.15, 0.2) is 0 Å². The molecule has 0 radical (unpaired) electrons. The fourth-order valence-electron chi connectivity index (χ4n) is 3.46. The fourth-order valence-corrected chi connectivity index (χ4v) is 4.28. The van der Waals surface area contributed by atoms with Crippen LogP contribution in [0.3, 0.4) is 0 Å². The number of fused-ring (bicyclic) bond motifs is 1. The number of benzene rings is 3. The Labute approximate surface area is 184 Å². The average Bonchev–Trinajstić information content (AvgIpc) is 3.06. The van der Waals surface area contributed by atoms with Gasteiger partial charge in [-0.05, 0) is 40.2 Å². The predicted molar refractivity (Wildman–Crippen MR) is 122 cm³/mol. The molecule has 4 rings (SSSR count). The number of ether oxygens (including phenoxy) is 3. The molecule has 2 amide bonds. The highest BCUT2D eigenvalue weighted by atomic mass is 32.2. The Morgan fingerprint density at radius 3 is 2.19 bits per heavy atom. The van der Waals surface area contributed by atoms with Gasteiger partial charge in [-0.25, -0.2) is 0 Å². The molecule has 0 aliphatic carbocycles.